The van der Waals surface area contributed by atoms with E-state index < -0.39 is 6.10 Å². The molecule has 0 amide bonds. The number of hydrogen-bond donors (Lipinski definition) is 1. The van der Waals surface area contributed by atoms with Crippen LogP contribution >= 0.6 is 0 Å². The quantitative estimate of drug-likeness (QED) is 0.536. The maximum absolute atomic E-state index is 13.4. The van der Waals surface area contributed by atoms with Crippen LogP contribution in [0.2, 0.25) is 0 Å². The van der Waals surface area contributed by atoms with Crippen molar-refractivity contribution in [3.63, 3.8) is 0 Å². The number of nitrogens with zero attached hydrogens (tertiary/aromatic N) is 4. The van der Waals surface area contributed by atoms with Gasteiger partial charge in [-0.3, -0.25) is 4.90 Å². The first-order chi connectivity index (χ1) is 15.5. The van der Waals surface area contributed by atoms with Crippen LogP contribution in [0.3, 0.4) is 0 Å². The van der Waals surface area contributed by atoms with Crippen molar-refractivity contribution < 1.29 is 14.2 Å². The van der Waals surface area contributed by atoms with Crippen LogP contribution in [0, 0.1) is 12.7 Å². The fourth-order valence-corrected chi connectivity index (χ4v) is 4.14. The van der Waals surface area contributed by atoms with E-state index >= 15 is 0 Å². The molecule has 1 fully saturated rings. The Balaban J connectivity index is 1.65. The number of hydrogen-bond acceptors (Lipinski definition) is 6. The van der Waals surface area contributed by atoms with Gasteiger partial charge in [0, 0.05) is 57.0 Å². The highest BCUT2D eigenvalue weighted by atomic mass is 19.1. The van der Waals surface area contributed by atoms with Crippen molar-refractivity contribution in [3.8, 4) is 0 Å². The number of aliphatic hydroxyl groups is 1. The predicted molar refractivity (Wildman–Crippen MR) is 126 cm³/mol. The van der Waals surface area contributed by atoms with Gasteiger partial charge in [-0.2, -0.15) is 0 Å². The largest absolute Gasteiger partial charge is 0.389 e. The Morgan fingerprint density at radius 3 is 2.47 bits per heavy atom. The molecule has 1 aromatic carbocycles. The van der Waals surface area contributed by atoms with Gasteiger partial charge in [-0.15, -0.1) is 0 Å². The summed E-state index contributed by atoms with van der Waals surface area (Å²) in [5.41, 5.74) is 3.24. The monoisotopic (exact) mass is 444 g/mol. The minimum atomic E-state index is -0.458. The predicted octanol–water partition coefficient (Wildman–Crippen LogP) is 3.38. The SMILES string of the molecule is CCCCOCC(O)CN1CCN(c2nc(C)nc(CC)c2Cc2ccc(F)cc2)CC1. The summed E-state index contributed by atoms with van der Waals surface area (Å²) in [4.78, 5) is 14.1. The zero-order valence-corrected chi connectivity index (χ0v) is 19.7. The van der Waals surface area contributed by atoms with Crippen molar-refractivity contribution >= 4 is 5.82 Å². The van der Waals surface area contributed by atoms with Crippen LogP contribution in [-0.4, -0.2) is 72.0 Å². The molecule has 1 aliphatic rings. The van der Waals surface area contributed by atoms with Gasteiger partial charge in [-0.25, -0.2) is 14.4 Å². The highest BCUT2D eigenvalue weighted by molar-refractivity contribution is 5.52. The number of aliphatic hydroxyl groups excluding tert-OH is 1. The molecule has 2 heterocycles. The Labute approximate surface area is 191 Å². The smallest absolute Gasteiger partial charge is 0.136 e. The normalized spacial score (nSPS) is 15.8. The number of benzene rings is 1. The van der Waals surface area contributed by atoms with E-state index in [2.05, 4.69) is 28.6 Å². The van der Waals surface area contributed by atoms with Crippen molar-refractivity contribution in [2.45, 2.75) is 52.6 Å². The fourth-order valence-electron chi connectivity index (χ4n) is 4.14. The molecular weight excluding hydrogens is 407 g/mol. The lowest BCUT2D eigenvalue weighted by Gasteiger charge is -2.37. The van der Waals surface area contributed by atoms with Gasteiger partial charge in [0.1, 0.15) is 17.5 Å². The minimum absolute atomic E-state index is 0.223. The van der Waals surface area contributed by atoms with Crippen molar-refractivity contribution in [2.24, 2.45) is 0 Å². The van der Waals surface area contributed by atoms with Crippen LogP contribution in [0.5, 0.6) is 0 Å². The molecule has 32 heavy (non-hydrogen) atoms. The standard InChI is InChI=1S/C25H37FN4O2/c1-4-6-15-32-18-22(31)17-29-11-13-30(14-12-29)25-23(24(5-2)27-19(3)28-25)16-20-7-9-21(26)10-8-20/h7-10,22,31H,4-6,11-18H2,1-3H3. The van der Waals surface area contributed by atoms with E-state index in [4.69, 9.17) is 9.72 Å². The summed E-state index contributed by atoms with van der Waals surface area (Å²) in [5, 5.41) is 10.3. The van der Waals surface area contributed by atoms with E-state index in [0.29, 0.717) is 26.2 Å². The molecule has 1 saturated heterocycles. The van der Waals surface area contributed by atoms with Gasteiger partial charge >= 0.3 is 0 Å². The number of unbranched alkanes of at least 4 members (excludes halogenated alkanes) is 1. The van der Waals surface area contributed by atoms with Crippen LogP contribution in [0.15, 0.2) is 24.3 Å². The van der Waals surface area contributed by atoms with Crippen LogP contribution in [0.25, 0.3) is 0 Å². The van der Waals surface area contributed by atoms with E-state index in [1.807, 2.05) is 19.1 Å². The van der Waals surface area contributed by atoms with E-state index in [9.17, 15) is 9.50 Å². The molecule has 1 aliphatic heterocycles. The zero-order valence-electron chi connectivity index (χ0n) is 19.7. The first-order valence-corrected chi connectivity index (χ1v) is 11.8. The van der Waals surface area contributed by atoms with Gasteiger partial charge in [0.15, 0.2) is 0 Å². The van der Waals surface area contributed by atoms with Gasteiger partial charge in [0.25, 0.3) is 0 Å². The summed E-state index contributed by atoms with van der Waals surface area (Å²) < 4.78 is 18.9. The Morgan fingerprint density at radius 1 is 1.09 bits per heavy atom. The van der Waals surface area contributed by atoms with Gasteiger partial charge in [0.05, 0.1) is 12.7 Å². The van der Waals surface area contributed by atoms with Gasteiger partial charge in [0.2, 0.25) is 0 Å². The third-order valence-electron chi connectivity index (χ3n) is 5.91. The molecule has 0 saturated carbocycles. The van der Waals surface area contributed by atoms with E-state index in [1.165, 1.54) is 12.1 Å². The second-order valence-corrected chi connectivity index (χ2v) is 8.55. The molecule has 7 heteroatoms. The van der Waals surface area contributed by atoms with E-state index in [1.54, 1.807) is 0 Å². The van der Waals surface area contributed by atoms with Gasteiger partial charge in [-0.1, -0.05) is 32.4 Å². The molecule has 0 aliphatic carbocycles. The molecule has 0 bridgehead atoms. The van der Waals surface area contributed by atoms with E-state index in [0.717, 1.165) is 73.9 Å². The lowest BCUT2D eigenvalue weighted by atomic mass is 10.0. The molecule has 6 nitrogen and oxygen atoms in total. The maximum Gasteiger partial charge on any atom is 0.136 e. The molecule has 2 aromatic rings. The van der Waals surface area contributed by atoms with Crippen molar-refractivity contribution in [2.75, 3.05) is 50.8 Å². The Morgan fingerprint density at radius 2 is 1.81 bits per heavy atom. The van der Waals surface area contributed by atoms with Crippen LogP contribution in [0.4, 0.5) is 10.2 Å². The number of piperazine rings is 1. The van der Waals surface area contributed by atoms with Crippen molar-refractivity contribution in [1.82, 2.24) is 14.9 Å². The molecule has 0 spiro atoms. The molecule has 176 valence electrons. The number of aryl methyl sites for hydroxylation is 2. The molecule has 1 aromatic heterocycles. The zero-order chi connectivity index (χ0) is 22.9. The summed E-state index contributed by atoms with van der Waals surface area (Å²) in [6, 6.07) is 6.68. The number of β-amino-alcohol motifs (C(OH)–C–C–N with tert-alkyl or cyclic N) is 1. The average Bonchev–Trinajstić information content (AvgIpc) is 2.79. The average molecular weight is 445 g/mol. The van der Waals surface area contributed by atoms with Gasteiger partial charge in [-0.05, 0) is 37.5 Å². The number of halogens is 1. The molecule has 1 atom stereocenters. The number of aromatic nitrogens is 2. The molecular formula is C25H37FN4O2. The Bertz CT molecular complexity index is 839. The topological polar surface area (TPSA) is 61.7 Å². The molecule has 0 radical (unpaired) electrons. The minimum Gasteiger partial charge on any atom is -0.389 e. The first kappa shape index (κ1) is 24.6. The second kappa shape index (κ2) is 12.2. The number of anilines is 1. The highest BCUT2D eigenvalue weighted by Crippen LogP contribution is 2.26. The third-order valence-corrected chi connectivity index (χ3v) is 5.91. The first-order valence-electron chi connectivity index (χ1n) is 11.8. The number of rotatable bonds is 11. The summed E-state index contributed by atoms with van der Waals surface area (Å²) >= 11 is 0. The lowest BCUT2D eigenvalue weighted by molar-refractivity contribution is 0.0150. The molecule has 3 rings (SSSR count). The summed E-state index contributed by atoms with van der Waals surface area (Å²) in [6.07, 6.45) is 3.19. The second-order valence-electron chi connectivity index (χ2n) is 8.55. The van der Waals surface area contributed by atoms with Gasteiger partial charge < -0.3 is 14.7 Å². The summed E-state index contributed by atoms with van der Waals surface area (Å²) in [6.45, 7) is 11.4. The van der Waals surface area contributed by atoms with Crippen LogP contribution in [-0.2, 0) is 17.6 Å². The summed E-state index contributed by atoms with van der Waals surface area (Å²) in [5.74, 6) is 1.54. The van der Waals surface area contributed by atoms with Crippen LogP contribution in [0.1, 0.15) is 49.3 Å². The van der Waals surface area contributed by atoms with E-state index in [-0.39, 0.29) is 5.82 Å². The lowest BCUT2D eigenvalue weighted by Crippen LogP contribution is -2.49. The maximum atomic E-state index is 13.4. The fraction of sp³-hybridized carbons (Fsp3) is 0.600. The summed E-state index contributed by atoms with van der Waals surface area (Å²) in [7, 11) is 0. The van der Waals surface area contributed by atoms with Crippen molar-refractivity contribution in [1.29, 1.82) is 0 Å². The molecule has 1 unspecified atom stereocenters. The third kappa shape index (κ3) is 6.95. The Hall–Kier alpha value is -2.09. The molecule has 1 N–H and O–H groups in total. The number of ether oxygens (including phenoxy) is 1. The van der Waals surface area contributed by atoms with Crippen molar-refractivity contribution in [3.05, 3.63) is 52.7 Å². The van der Waals surface area contributed by atoms with Crippen LogP contribution < -0.4 is 4.90 Å². The Kier molecular flexibility index (Phi) is 9.38. The highest BCUT2D eigenvalue weighted by Gasteiger charge is 2.24.